The Morgan fingerprint density at radius 3 is 2.70 bits per heavy atom. The van der Waals surface area contributed by atoms with Crippen molar-refractivity contribution in [3.63, 3.8) is 0 Å². The van der Waals surface area contributed by atoms with Gasteiger partial charge in [0.05, 0.1) is 17.6 Å². The highest BCUT2D eigenvalue weighted by molar-refractivity contribution is 5.75. The Morgan fingerprint density at radius 2 is 1.90 bits per heavy atom. The summed E-state index contributed by atoms with van der Waals surface area (Å²) in [7, 11) is 0. The number of fused-ring (bicyclic) bond motifs is 1. The summed E-state index contributed by atoms with van der Waals surface area (Å²) in [6, 6.07) is 8.46. The summed E-state index contributed by atoms with van der Waals surface area (Å²) in [4.78, 5) is 7.36. The second-order valence-electron chi connectivity index (χ2n) is 5.65. The molecule has 0 radical (unpaired) electrons. The van der Waals surface area contributed by atoms with Gasteiger partial charge in [0, 0.05) is 6.54 Å². The Hall–Kier alpha value is -1.39. The third-order valence-corrected chi connectivity index (χ3v) is 4.13. The maximum atomic E-state index is 5.62. The number of para-hydroxylation sites is 2. The molecule has 4 heteroatoms. The summed E-state index contributed by atoms with van der Waals surface area (Å²) in [5.41, 5.74) is 8.00. The van der Waals surface area contributed by atoms with Crippen LogP contribution in [0.15, 0.2) is 24.3 Å². The number of benzene rings is 1. The van der Waals surface area contributed by atoms with Crippen LogP contribution in [0.4, 0.5) is 0 Å². The van der Waals surface area contributed by atoms with Crippen molar-refractivity contribution >= 4 is 11.0 Å². The fourth-order valence-corrected chi connectivity index (χ4v) is 3.05. The molecule has 0 aliphatic carbocycles. The minimum absolute atomic E-state index is 0.772. The van der Waals surface area contributed by atoms with Gasteiger partial charge in [0.15, 0.2) is 0 Å². The van der Waals surface area contributed by atoms with Crippen molar-refractivity contribution in [2.75, 3.05) is 19.6 Å². The van der Waals surface area contributed by atoms with E-state index in [4.69, 9.17) is 10.7 Å². The first-order valence-corrected chi connectivity index (χ1v) is 7.75. The first-order valence-electron chi connectivity index (χ1n) is 7.75. The number of imidazole rings is 1. The van der Waals surface area contributed by atoms with Gasteiger partial charge < -0.3 is 10.3 Å². The predicted octanol–water partition coefficient (Wildman–Crippen LogP) is 2.37. The average Bonchev–Trinajstić information content (AvgIpc) is 3.08. The number of likely N-dealkylation sites (tertiary alicyclic amines) is 1. The quantitative estimate of drug-likeness (QED) is 0.821. The van der Waals surface area contributed by atoms with Crippen molar-refractivity contribution in [3.05, 3.63) is 30.1 Å². The van der Waals surface area contributed by atoms with Crippen LogP contribution in [-0.2, 0) is 13.1 Å². The highest BCUT2D eigenvalue weighted by atomic mass is 15.2. The van der Waals surface area contributed by atoms with E-state index < -0.39 is 0 Å². The molecule has 20 heavy (non-hydrogen) atoms. The number of aryl methyl sites for hydroxylation is 1. The minimum atomic E-state index is 0.772. The highest BCUT2D eigenvalue weighted by Gasteiger charge is 2.16. The monoisotopic (exact) mass is 272 g/mol. The summed E-state index contributed by atoms with van der Waals surface area (Å²) in [5, 5.41) is 0. The first kappa shape index (κ1) is 13.6. The van der Waals surface area contributed by atoms with Crippen LogP contribution >= 0.6 is 0 Å². The zero-order chi connectivity index (χ0) is 13.8. The zero-order valence-corrected chi connectivity index (χ0v) is 12.1. The zero-order valence-electron chi connectivity index (χ0n) is 12.1. The van der Waals surface area contributed by atoms with Crippen molar-refractivity contribution in [1.82, 2.24) is 14.5 Å². The molecule has 0 atom stereocenters. The third-order valence-electron chi connectivity index (χ3n) is 4.13. The van der Waals surface area contributed by atoms with E-state index in [9.17, 15) is 0 Å². The summed E-state index contributed by atoms with van der Waals surface area (Å²) in [6.45, 7) is 5.21. The van der Waals surface area contributed by atoms with Gasteiger partial charge in [-0.25, -0.2) is 4.98 Å². The second kappa shape index (κ2) is 6.37. The normalized spacial score (nSPS) is 16.2. The number of unbranched alkanes of at least 4 members (excludes halogenated alkanes) is 1. The Kier molecular flexibility index (Phi) is 4.33. The van der Waals surface area contributed by atoms with E-state index in [0.717, 1.165) is 38.0 Å². The molecule has 2 N–H and O–H groups in total. The molecule has 1 saturated heterocycles. The minimum Gasteiger partial charge on any atom is -0.330 e. The molecule has 0 unspecified atom stereocenters. The molecule has 1 aromatic heterocycles. The van der Waals surface area contributed by atoms with Crippen LogP contribution in [-0.4, -0.2) is 34.1 Å². The van der Waals surface area contributed by atoms with Crippen LogP contribution in [0, 0.1) is 0 Å². The van der Waals surface area contributed by atoms with E-state index in [-0.39, 0.29) is 0 Å². The molecule has 0 saturated carbocycles. The molecule has 2 aromatic rings. The number of nitrogens with two attached hydrogens (primary N) is 1. The van der Waals surface area contributed by atoms with E-state index in [1.165, 1.54) is 37.3 Å². The molecule has 2 heterocycles. The second-order valence-corrected chi connectivity index (χ2v) is 5.65. The summed E-state index contributed by atoms with van der Waals surface area (Å²) in [5.74, 6) is 1.21. The van der Waals surface area contributed by atoms with Gasteiger partial charge in [0.25, 0.3) is 0 Å². The SMILES string of the molecule is NCCCCn1c(CN2CCCC2)nc2ccccc21. The fourth-order valence-electron chi connectivity index (χ4n) is 3.05. The Bertz CT molecular complexity index is 555. The lowest BCUT2D eigenvalue weighted by molar-refractivity contribution is 0.316. The lowest BCUT2D eigenvalue weighted by atomic mass is 10.3. The smallest absolute Gasteiger partial charge is 0.124 e. The van der Waals surface area contributed by atoms with Crippen LogP contribution in [0.5, 0.6) is 0 Å². The number of hydrogen-bond acceptors (Lipinski definition) is 3. The molecule has 0 bridgehead atoms. The largest absolute Gasteiger partial charge is 0.330 e. The molecule has 1 fully saturated rings. The molecule has 1 aliphatic heterocycles. The Morgan fingerprint density at radius 1 is 1.10 bits per heavy atom. The summed E-state index contributed by atoms with van der Waals surface area (Å²) >= 11 is 0. The van der Waals surface area contributed by atoms with Crippen LogP contribution in [0.3, 0.4) is 0 Å². The molecular weight excluding hydrogens is 248 g/mol. The van der Waals surface area contributed by atoms with Crippen LogP contribution in [0.2, 0.25) is 0 Å². The Labute approximate surface area is 120 Å². The molecule has 3 rings (SSSR count). The van der Waals surface area contributed by atoms with Gasteiger partial charge >= 0.3 is 0 Å². The molecule has 4 nitrogen and oxygen atoms in total. The van der Waals surface area contributed by atoms with Crippen LogP contribution < -0.4 is 5.73 Å². The molecule has 1 aliphatic rings. The first-order chi connectivity index (χ1) is 9.88. The topological polar surface area (TPSA) is 47.1 Å². The van der Waals surface area contributed by atoms with E-state index >= 15 is 0 Å². The van der Waals surface area contributed by atoms with Gasteiger partial charge in [-0.05, 0) is 57.5 Å². The number of aromatic nitrogens is 2. The number of rotatable bonds is 6. The lowest BCUT2D eigenvalue weighted by Gasteiger charge is -2.15. The van der Waals surface area contributed by atoms with Gasteiger partial charge in [-0.15, -0.1) is 0 Å². The van der Waals surface area contributed by atoms with Gasteiger partial charge in [0.2, 0.25) is 0 Å². The van der Waals surface area contributed by atoms with E-state index in [1.54, 1.807) is 0 Å². The van der Waals surface area contributed by atoms with E-state index in [0.29, 0.717) is 0 Å². The van der Waals surface area contributed by atoms with Crippen molar-refractivity contribution < 1.29 is 0 Å². The van der Waals surface area contributed by atoms with Crippen LogP contribution in [0.1, 0.15) is 31.5 Å². The molecule has 1 aromatic carbocycles. The fraction of sp³-hybridized carbons (Fsp3) is 0.562. The van der Waals surface area contributed by atoms with Crippen molar-refractivity contribution in [1.29, 1.82) is 0 Å². The van der Waals surface area contributed by atoms with Crippen molar-refractivity contribution in [3.8, 4) is 0 Å². The summed E-state index contributed by atoms with van der Waals surface area (Å²) in [6.07, 6.45) is 4.86. The maximum absolute atomic E-state index is 5.62. The molecule has 0 spiro atoms. The Balaban J connectivity index is 1.85. The number of hydrogen-bond donors (Lipinski definition) is 1. The average molecular weight is 272 g/mol. The highest BCUT2D eigenvalue weighted by Crippen LogP contribution is 2.19. The third kappa shape index (κ3) is 2.86. The molecular formula is C16H24N4. The van der Waals surface area contributed by atoms with Crippen molar-refractivity contribution in [2.24, 2.45) is 5.73 Å². The van der Waals surface area contributed by atoms with E-state index in [1.807, 2.05) is 0 Å². The van der Waals surface area contributed by atoms with Gasteiger partial charge in [-0.2, -0.15) is 0 Å². The molecule has 0 amide bonds. The molecule has 108 valence electrons. The van der Waals surface area contributed by atoms with Gasteiger partial charge in [-0.3, -0.25) is 4.90 Å². The predicted molar refractivity (Wildman–Crippen MR) is 82.5 cm³/mol. The van der Waals surface area contributed by atoms with Gasteiger partial charge in [-0.1, -0.05) is 12.1 Å². The maximum Gasteiger partial charge on any atom is 0.124 e. The van der Waals surface area contributed by atoms with Crippen molar-refractivity contribution in [2.45, 2.75) is 38.8 Å². The van der Waals surface area contributed by atoms with Crippen LogP contribution in [0.25, 0.3) is 11.0 Å². The summed E-state index contributed by atoms with van der Waals surface area (Å²) < 4.78 is 2.39. The lowest BCUT2D eigenvalue weighted by Crippen LogP contribution is -2.21. The standard InChI is InChI=1S/C16H24N4/c17-9-3-4-12-20-15-8-2-1-7-14(15)18-16(20)13-19-10-5-6-11-19/h1-2,7-8H,3-6,9-13,17H2. The van der Waals surface area contributed by atoms with E-state index in [2.05, 4.69) is 33.7 Å². The number of nitrogens with zero attached hydrogens (tertiary/aromatic N) is 3. The van der Waals surface area contributed by atoms with Gasteiger partial charge in [0.1, 0.15) is 5.82 Å².